The smallest absolute Gasteiger partial charge is 0.128 e. The molecule has 0 unspecified atom stereocenters. The summed E-state index contributed by atoms with van der Waals surface area (Å²) in [6.45, 7) is 0. The van der Waals surface area contributed by atoms with Crippen molar-refractivity contribution in [3.8, 4) is 6.07 Å². The highest BCUT2D eigenvalue weighted by atomic mass is 79.9. The number of aryl methyl sites for hydroxylation is 1. The molecular formula is C6H6BrN3. The van der Waals surface area contributed by atoms with Crippen LogP contribution in [0.2, 0.25) is 0 Å². The molecule has 0 atom stereocenters. The highest BCUT2D eigenvalue weighted by Gasteiger charge is 1.99. The molecule has 0 aromatic carbocycles. The summed E-state index contributed by atoms with van der Waals surface area (Å²) in [6.07, 6.45) is 0.412. The highest BCUT2D eigenvalue weighted by Crippen LogP contribution is 2.08. The van der Waals surface area contributed by atoms with Crippen LogP contribution in [0.25, 0.3) is 0 Å². The van der Waals surface area contributed by atoms with Gasteiger partial charge in [-0.3, -0.25) is 4.68 Å². The van der Waals surface area contributed by atoms with Gasteiger partial charge in [-0.2, -0.15) is 10.4 Å². The van der Waals surface area contributed by atoms with E-state index >= 15 is 0 Å². The summed E-state index contributed by atoms with van der Waals surface area (Å²) < 4.78 is 2.47. The first-order chi connectivity index (χ1) is 4.74. The van der Waals surface area contributed by atoms with Crippen molar-refractivity contribution in [2.75, 3.05) is 0 Å². The van der Waals surface area contributed by atoms with E-state index in [4.69, 9.17) is 5.26 Å². The number of halogens is 1. The van der Waals surface area contributed by atoms with Gasteiger partial charge in [0.2, 0.25) is 0 Å². The predicted octanol–water partition coefficient (Wildman–Crippen LogP) is 1.25. The van der Waals surface area contributed by atoms with Gasteiger partial charge in [-0.25, -0.2) is 0 Å². The molecule has 0 aliphatic heterocycles. The second kappa shape index (κ2) is 2.84. The van der Waals surface area contributed by atoms with Gasteiger partial charge in [-0.05, 0) is 22.0 Å². The van der Waals surface area contributed by atoms with Gasteiger partial charge < -0.3 is 0 Å². The third-order valence-corrected chi connectivity index (χ3v) is 1.59. The van der Waals surface area contributed by atoms with Crippen LogP contribution in [0.15, 0.2) is 10.7 Å². The molecule has 0 spiro atoms. The first kappa shape index (κ1) is 7.29. The summed E-state index contributed by atoms with van der Waals surface area (Å²) in [4.78, 5) is 0. The van der Waals surface area contributed by atoms with Gasteiger partial charge in [-0.15, -0.1) is 0 Å². The fourth-order valence-electron chi connectivity index (χ4n) is 0.714. The fourth-order valence-corrected chi connectivity index (χ4v) is 1.22. The van der Waals surface area contributed by atoms with Crippen LogP contribution in [0.4, 0.5) is 0 Å². The number of nitriles is 1. The van der Waals surface area contributed by atoms with Crippen LogP contribution in [0.3, 0.4) is 0 Å². The highest BCUT2D eigenvalue weighted by molar-refractivity contribution is 9.10. The van der Waals surface area contributed by atoms with Crippen LogP contribution in [-0.2, 0) is 13.5 Å². The average molecular weight is 200 g/mol. The molecule has 0 aliphatic rings. The zero-order valence-corrected chi connectivity index (χ0v) is 7.09. The van der Waals surface area contributed by atoms with E-state index in [9.17, 15) is 0 Å². The van der Waals surface area contributed by atoms with Gasteiger partial charge in [0.25, 0.3) is 0 Å². The lowest BCUT2D eigenvalue weighted by Crippen LogP contribution is -1.95. The zero-order chi connectivity index (χ0) is 7.56. The van der Waals surface area contributed by atoms with Crippen LogP contribution >= 0.6 is 15.9 Å². The van der Waals surface area contributed by atoms with Gasteiger partial charge in [-0.1, -0.05) is 0 Å². The summed E-state index contributed by atoms with van der Waals surface area (Å²) in [6, 6.07) is 3.89. The molecule has 0 N–H and O–H groups in total. The van der Waals surface area contributed by atoms with Gasteiger partial charge in [0.15, 0.2) is 0 Å². The first-order valence-corrected chi connectivity index (χ1v) is 3.58. The van der Waals surface area contributed by atoms with Crippen molar-refractivity contribution >= 4 is 15.9 Å². The molecule has 10 heavy (non-hydrogen) atoms. The summed E-state index contributed by atoms with van der Waals surface area (Å²) in [5, 5.41) is 12.4. The lowest BCUT2D eigenvalue weighted by molar-refractivity contribution is 0.724. The number of hydrogen-bond acceptors (Lipinski definition) is 2. The Balaban J connectivity index is 2.94. The molecule has 3 nitrogen and oxygen atoms in total. The Hall–Kier alpha value is -0.820. The third-order valence-electron chi connectivity index (χ3n) is 1.21. The van der Waals surface area contributed by atoms with Crippen molar-refractivity contribution in [2.45, 2.75) is 6.42 Å². The Morgan fingerprint density at radius 2 is 2.60 bits per heavy atom. The van der Waals surface area contributed by atoms with Crippen molar-refractivity contribution in [3.05, 3.63) is 16.4 Å². The van der Waals surface area contributed by atoms with Crippen molar-refractivity contribution in [1.82, 2.24) is 9.78 Å². The van der Waals surface area contributed by atoms with E-state index in [1.165, 1.54) is 0 Å². The molecule has 0 amide bonds. The quantitative estimate of drug-likeness (QED) is 0.684. The Bertz CT molecular complexity index is 271. The fraction of sp³-hybridized carbons (Fsp3) is 0.333. The maximum atomic E-state index is 8.35. The monoisotopic (exact) mass is 199 g/mol. The Labute approximate surface area is 67.4 Å². The van der Waals surface area contributed by atoms with E-state index < -0.39 is 0 Å². The number of nitrogens with zero attached hydrogens (tertiary/aromatic N) is 3. The Morgan fingerprint density at radius 3 is 3.00 bits per heavy atom. The maximum absolute atomic E-state index is 8.35. The predicted molar refractivity (Wildman–Crippen MR) is 40.2 cm³/mol. The lowest BCUT2D eigenvalue weighted by Gasteiger charge is -1.91. The van der Waals surface area contributed by atoms with E-state index in [2.05, 4.69) is 27.1 Å². The molecule has 0 saturated carbocycles. The molecule has 0 bridgehead atoms. The van der Waals surface area contributed by atoms with Crippen LogP contribution in [0.1, 0.15) is 5.69 Å². The zero-order valence-electron chi connectivity index (χ0n) is 5.50. The molecule has 1 aromatic heterocycles. The van der Waals surface area contributed by atoms with E-state index in [0.29, 0.717) is 6.42 Å². The average Bonchev–Trinajstić information content (AvgIpc) is 2.13. The van der Waals surface area contributed by atoms with Crippen molar-refractivity contribution in [1.29, 1.82) is 5.26 Å². The van der Waals surface area contributed by atoms with Crippen LogP contribution in [-0.4, -0.2) is 9.78 Å². The van der Waals surface area contributed by atoms with Crippen LogP contribution in [0.5, 0.6) is 0 Å². The summed E-state index contributed by atoms with van der Waals surface area (Å²) >= 11 is 3.21. The van der Waals surface area contributed by atoms with Gasteiger partial charge in [0, 0.05) is 7.05 Å². The largest absolute Gasteiger partial charge is 0.270 e. The van der Waals surface area contributed by atoms with Crippen LogP contribution < -0.4 is 0 Å². The summed E-state index contributed by atoms with van der Waals surface area (Å²) in [5.74, 6) is 0. The minimum absolute atomic E-state index is 0.412. The minimum Gasteiger partial charge on any atom is -0.270 e. The molecule has 52 valence electrons. The van der Waals surface area contributed by atoms with Crippen LogP contribution in [0, 0.1) is 11.3 Å². The Kier molecular flexibility index (Phi) is 2.07. The molecule has 0 radical (unpaired) electrons. The van der Waals surface area contributed by atoms with Gasteiger partial charge in [0.1, 0.15) is 4.60 Å². The number of hydrogen-bond donors (Lipinski definition) is 0. The van der Waals surface area contributed by atoms with E-state index in [0.717, 1.165) is 10.3 Å². The molecule has 0 aliphatic carbocycles. The standard InChI is InChI=1S/C6H6BrN3/c1-10-5(2-3-8)4-6(7)9-10/h4H,2H2,1H3. The second-order valence-corrected chi connectivity index (χ2v) is 2.73. The Morgan fingerprint density at radius 1 is 1.90 bits per heavy atom. The molecule has 1 aromatic rings. The molecular weight excluding hydrogens is 194 g/mol. The minimum atomic E-state index is 0.412. The first-order valence-electron chi connectivity index (χ1n) is 2.79. The van der Waals surface area contributed by atoms with Crippen molar-refractivity contribution < 1.29 is 0 Å². The van der Waals surface area contributed by atoms with Crippen molar-refractivity contribution in [3.63, 3.8) is 0 Å². The third kappa shape index (κ3) is 1.36. The second-order valence-electron chi connectivity index (χ2n) is 1.92. The molecule has 4 heteroatoms. The molecule has 1 heterocycles. The lowest BCUT2D eigenvalue weighted by atomic mass is 10.3. The molecule has 0 saturated heterocycles. The number of rotatable bonds is 1. The van der Waals surface area contributed by atoms with E-state index in [-0.39, 0.29) is 0 Å². The van der Waals surface area contributed by atoms with Crippen molar-refractivity contribution in [2.24, 2.45) is 7.05 Å². The summed E-state index contributed by atoms with van der Waals surface area (Å²) in [5.41, 5.74) is 0.925. The number of aromatic nitrogens is 2. The van der Waals surface area contributed by atoms with Gasteiger partial charge in [0.05, 0.1) is 18.2 Å². The maximum Gasteiger partial charge on any atom is 0.128 e. The van der Waals surface area contributed by atoms with E-state index in [1.807, 2.05) is 13.1 Å². The van der Waals surface area contributed by atoms with E-state index in [1.54, 1.807) is 4.68 Å². The van der Waals surface area contributed by atoms with Gasteiger partial charge >= 0.3 is 0 Å². The molecule has 1 rings (SSSR count). The summed E-state index contributed by atoms with van der Waals surface area (Å²) in [7, 11) is 1.82. The molecule has 0 fully saturated rings. The topological polar surface area (TPSA) is 41.6 Å². The SMILES string of the molecule is Cn1nc(Br)cc1CC#N. The normalized spacial score (nSPS) is 9.30.